The molecule has 0 atom stereocenters. The predicted octanol–water partition coefficient (Wildman–Crippen LogP) is 25.3. The van der Waals surface area contributed by atoms with E-state index in [4.69, 9.17) is 54.3 Å². The summed E-state index contributed by atoms with van der Waals surface area (Å²) in [5.41, 5.74) is 18.9. The first kappa shape index (κ1) is 86.9. The Morgan fingerprint density at radius 3 is 1.40 bits per heavy atom. The molecule has 608 valence electrons. The number of benzene rings is 6. The average Bonchev–Trinajstić information content (AvgIpc) is 1.57. The third-order valence-electron chi connectivity index (χ3n) is 21.9. The highest BCUT2D eigenvalue weighted by molar-refractivity contribution is 9.11. The van der Waals surface area contributed by atoms with Crippen molar-refractivity contribution in [2.75, 3.05) is 22.9 Å². The van der Waals surface area contributed by atoms with Crippen LogP contribution in [-0.2, 0) is 73.3 Å². The highest BCUT2D eigenvalue weighted by Gasteiger charge is 2.52. The average molecular weight is 1840 g/mol. The molecule has 0 radical (unpaired) electrons. The Labute approximate surface area is 709 Å². The lowest BCUT2D eigenvalue weighted by Gasteiger charge is -2.32. The van der Waals surface area contributed by atoms with E-state index in [1.54, 1.807) is 16.0 Å². The first-order chi connectivity index (χ1) is 54.6. The molecule has 14 nitrogen and oxygen atoms in total. The van der Waals surface area contributed by atoms with Crippen molar-refractivity contribution >= 4 is 150 Å². The number of aryl methyl sites for hydroxylation is 8. The molecule has 0 amide bonds. The summed E-state index contributed by atoms with van der Waals surface area (Å²) in [5.74, 6) is -2.18. The number of H-pyrrole nitrogens is 4. The minimum Gasteiger partial charge on any atom is -0.399 e. The molecule has 8 aromatic heterocycles. The standard InChI is InChI=1S/C31H28ClF4N5.C22H21BrF4N4.C15H19BClNO2.C9H7BrClN.C9H8BrN.CH4/c1-4-18-7-6-8-19(5-2)28(18)41-29(21-10-9-17(3)27-26(21)23(32)15-37-27)22-16-40(12-11-25(22)39-41)30-24(33)13-20(14-38-30)31(34,35)36;1-3-13-6-5-7-14(4-2)19(13)31-20(23)16-12-30(9-8-18(16)29-31)21-17(24)10-15(11-28-21)22(25,26)27;1-9-6-7-10(12-11(17)8-18-13(9)12)16-19-14(2,3)15(4,5)20-16;1-5-2-3-6(10)8-7(11)4-12-9(5)8;1-6-2-3-8(10)7-4-5-11-9(6)7;/h6-10,13-15,37H,4-5,11-12,16H2,1-3H3;5-7,10-11H,3-4,8-9,12H2,1-2H3;6-8,18H,1-5H3;2-4,12H,1H3;2-5,11H,1H3;1H4. The molecule has 6 aromatic carbocycles. The molecule has 3 aliphatic heterocycles. The summed E-state index contributed by atoms with van der Waals surface area (Å²) < 4.78 is 127. The molecular weight excluding hydrogens is 1750 g/mol. The van der Waals surface area contributed by atoms with Gasteiger partial charge in [-0.3, -0.25) is 0 Å². The van der Waals surface area contributed by atoms with Crippen LogP contribution < -0.4 is 15.3 Å². The molecule has 1 fully saturated rings. The summed E-state index contributed by atoms with van der Waals surface area (Å²) in [5, 5.41) is 16.2. The Bertz CT molecular complexity index is 5890. The zero-order valence-corrected chi connectivity index (χ0v) is 72.1. The van der Waals surface area contributed by atoms with Crippen molar-refractivity contribution in [2.24, 2.45) is 0 Å². The Hall–Kier alpha value is -8.47. The van der Waals surface area contributed by atoms with Crippen LogP contribution in [0.3, 0.4) is 0 Å². The van der Waals surface area contributed by atoms with Crippen LogP contribution in [0.2, 0.25) is 15.1 Å². The van der Waals surface area contributed by atoms with E-state index in [-0.39, 0.29) is 36.8 Å². The van der Waals surface area contributed by atoms with Crippen molar-refractivity contribution in [3.05, 3.63) is 259 Å². The topological polar surface area (TPSA) is 150 Å². The SMILES string of the molecule is C.CCc1cccc(CC)c1-n1nc2c(c1-c1ccc(C)c3[nH]cc(Cl)c13)CN(c1ncc(C(F)(F)F)cc1F)CC2.CCc1cccc(CC)c1-n1nc2c(c1Br)CN(c1ncc(C(F)(F)F)cc1F)CC2.Cc1ccc(B2OC(C)(C)C(C)(C)O2)c2c(Cl)c[nH]c12.Cc1ccc(Br)c2c(Cl)c[nH]c12.Cc1ccc(Br)c2cc[nH]c12. The predicted molar refractivity (Wildman–Crippen MR) is 464 cm³/mol. The van der Waals surface area contributed by atoms with Crippen molar-refractivity contribution in [3.63, 3.8) is 0 Å². The van der Waals surface area contributed by atoms with E-state index >= 15 is 4.39 Å². The summed E-state index contributed by atoms with van der Waals surface area (Å²) in [6, 6.07) is 31.9. The van der Waals surface area contributed by atoms with Crippen molar-refractivity contribution in [1.29, 1.82) is 0 Å². The molecule has 0 aliphatic carbocycles. The van der Waals surface area contributed by atoms with E-state index in [9.17, 15) is 30.7 Å². The molecule has 3 aliphatic rings. The number of rotatable bonds is 10. The highest BCUT2D eigenvalue weighted by atomic mass is 79.9. The van der Waals surface area contributed by atoms with Crippen molar-refractivity contribution in [2.45, 2.75) is 166 Å². The van der Waals surface area contributed by atoms with Gasteiger partial charge in [-0.25, -0.2) is 28.1 Å². The number of nitrogens with one attached hydrogen (secondary N) is 4. The Balaban J connectivity index is 0.000000145. The maximum atomic E-state index is 15.0. The summed E-state index contributed by atoms with van der Waals surface area (Å²) >= 11 is 29.7. The van der Waals surface area contributed by atoms with Gasteiger partial charge in [0.25, 0.3) is 0 Å². The van der Waals surface area contributed by atoms with Crippen molar-refractivity contribution in [3.8, 4) is 22.6 Å². The lowest BCUT2D eigenvalue weighted by molar-refractivity contribution is -0.138. The summed E-state index contributed by atoms with van der Waals surface area (Å²) in [6.07, 6.45) is 3.73. The monoisotopic (exact) mass is 1840 g/mol. The van der Waals surface area contributed by atoms with E-state index < -0.39 is 42.2 Å². The molecule has 11 heterocycles. The maximum Gasteiger partial charge on any atom is 0.495 e. The molecule has 14 aromatic rings. The molecule has 29 heteroatoms. The van der Waals surface area contributed by atoms with Gasteiger partial charge in [0, 0.05) is 134 Å². The number of alkyl halides is 6. The van der Waals surface area contributed by atoms with Crippen LogP contribution in [0, 0.1) is 39.3 Å². The summed E-state index contributed by atoms with van der Waals surface area (Å²) in [6.45, 7) is 26.2. The molecule has 116 heavy (non-hydrogen) atoms. The molecule has 1 saturated heterocycles. The lowest BCUT2D eigenvalue weighted by Crippen LogP contribution is -2.41. The van der Waals surface area contributed by atoms with Gasteiger partial charge in [-0.15, -0.1) is 0 Å². The molecular formula is C87H87BBr3Cl3F8N12O2. The van der Waals surface area contributed by atoms with Crippen LogP contribution in [0.4, 0.5) is 46.8 Å². The van der Waals surface area contributed by atoms with Crippen LogP contribution >= 0.6 is 82.6 Å². The smallest absolute Gasteiger partial charge is 0.399 e. The Morgan fingerprint density at radius 2 is 0.922 bits per heavy atom. The van der Waals surface area contributed by atoms with Gasteiger partial charge < -0.3 is 39.0 Å². The van der Waals surface area contributed by atoms with Gasteiger partial charge in [0.1, 0.15) is 4.60 Å². The fourth-order valence-electron chi connectivity index (χ4n) is 14.9. The number of aromatic amines is 4. The first-order valence-electron chi connectivity index (χ1n) is 37.6. The number of anilines is 2. The van der Waals surface area contributed by atoms with E-state index in [1.165, 1.54) is 33.2 Å². The third-order valence-corrected chi connectivity index (χ3v) is 24.9. The fourth-order valence-corrected chi connectivity index (χ4v) is 17.4. The minimum absolute atomic E-state index is 0. The number of hydrogen-bond donors (Lipinski definition) is 4. The number of nitrogens with zero attached hydrogens (tertiary/aromatic N) is 8. The minimum atomic E-state index is -4.67. The summed E-state index contributed by atoms with van der Waals surface area (Å²) in [7, 11) is -0.392. The normalized spacial score (nSPS) is 14.3. The second-order valence-corrected chi connectivity index (χ2v) is 33.3. The maximum absolute atomic E-state index is 15.0. The van der Waals surface area contributed by atoms with E-state index in [1.807, 2.05) is 65.2 Å². The molecule has 4 N–H and O–H groups in total. The van der Waals surface area contributed by atoms with Gasteiger partial charge in [-0.05, 0) is 177 Å². The van der Waals surface area contributed by atoms with Gasteiger partial charge in [0.2, 0.25) is 0 Å². The Morgan fingerprint density at radius 1 is 0.509 bits per heavy atom. The number of aromatic nitrogens is 10. The summed E-state index contributed by atoms with van der Waals surface area (Å²) in [4.78, 5) is 23.9. The number of halogens is 14. The third kappa shape index (κ3) is 17.1. The zero-order valence-electron chi connectivity index (χ0n) is 65.1. The van der Waals surface area contributed by atoms with Crippen LogP contribution in [0.15, 0.2) is 154 Å². The number of fused-ring (bicyclic) bond motifs is 6. The zero-order chi connectivity index (χ0) is 82.7. The lowest BCUT2D eigenvalue weighted by atomic mass is 9.76. The van der Waals surface area contributed by atoms with Crippen LogP contribution in [-0.4, -0.2) is 80.9 Å². The van der Waals surface area contributed by atoms with Crippen molar-refractivity contribution < 1.29 is 44.4 Å². The van der Waals surface area contributed by atoms with Gasteiger partial charge in [0.15, 0.2) is 23.3 Å². The van der Waals surface area contributed by atoms with Gasteiger partial charge in [-0.1, -0.05) is 175 Å². The molecule has 17 rings (SSSR count). The van der Waals surface area contributed by atoms with Gasteiger partial charge >= 0.3 is 19.5 Å². The molecule has 0 saturated carbocycles. The highest BCUT2D eigenvalue weighted by Crippen LogP contribution is 2.45. The molecule has 0 bridgehead atoms. The van der Waals surface area contributed by atoms with Crippen molar-refractivity contribution in [1.82, 2.24) is 49.5 Å². The first-order valence-corrected chi connectivity index (χ1v) is 41.2. The van der Waals surface area contributed by atoms with Crippen LogP contribution in [0.25, 0.3) is 66.2 Å². The van der Waals surface area contributed by atoms with E-state index in [2.05, 4.69) is 215 Å². The number of pyridine rings is 2. The van der Waals surface area contributed by atoms with E-state index in [0.717, 1.165) is 150 Å². The molecule has 0 unspecified atom stereocenters. The van der Waals surface area contributed by atoms with Crippen LogP contribution in [0.1, 0.15) is 141 Å². The number of para-hydroxylation sites is 2. The van der Waals surface area contributed by atoms with Crippen LogP contribution in [0.5, 0.6) is 0 Å². The molecule has 0 spiro atoms. The largest absolute Gasteiger partial charge is 0.495 e. The second kappa shape index (κ2) is 34.8. The Kier molecular flexibility index (Phi) is 26.1. The fraction of sp³-hybridized carbons (Fsp3) is 0.310. The van der Waals surface area contributed by atoms with E-state index in [0.29, 0.717) is 67.0 Å². The number of hydrogen-bond acceptors (Lipinski definition) is 8. The van der Waals surface area contributed by atoms with Gasteiger partial charge in [-0.2, -0.15) is 36.5 Å². The quantitative estimate of drug-likeness (QED) is 0.0781. The van der Waals surface area contributed by atoms with Gasteiger partial charge in [0.05, 0.1) is 76.9 Å². The second-order valence-electron chi connectivity index (χ2n) is 29.6.